The molecular weight excluding hydrogens is 388 g/mol. The van der Waals surface area contributed by atoms with Crippen molar-refractivity contribution in [3.63, 3.8) is 0 Å². The lowest BCUT2D eigenvalue weighted by atomic mass is 10.1. The zero-order valence-corrected chi connectivity index (χ0v) is 19.4. The van der Waals surface area contributed by atoms with Crippen LogP contribution in [0.2, 0.25) is 0 Å². The Kier molecular flexibility index (Phi) is 10.7. The fourth-order valence-electron chi connectivity index (χ4n) is 2.94. The van der Waals surface area contributed by atoms with E-state index >= 15 is 0 Å². The van der Waals surface area contributed by atoms with Crippen molar-refractivity contribution in [2.75, 3.05) is 5.32 Å². The number of hydrogen-bond acceptors (Lipinski definition) is 4. The molecule has 1 aromatic rings. The number of carbonyl (C=O) groups excluding carboxylic acids is 1. The summed E-state index contributed by atoms with van der Waals surface area (Å²) in [7, 11) is -3.58. The molecule has 1 aromatic carbocycles. The van der Waals surface area contributed by atoms with Gasteiger partial charge < -0.3 is 4.74 Å². The van der Waals surface area contributed by atoms with E-state index in [9.17, 15) is 13.2 Å². The van der Waals surface area contributed by atoms with Crippen molar-refractivity contribution in [1.29, 1.82) is 0 Å². The molecule has 0 heterocycles. The Balaban J connectivity index is 2.46. The van der Waals surface area contributed by atoms with E-state index < -0.39 is 21.7 Å². The van der Waals surface area contributed by atoms with Gasteiger partial charge in [-0.2, -0.15) is 0 Å². The predicted octanol–water partition coefficient (Wildman–Crippen LogP) is 5.84. The number of unbranched alkanes of at least 4 members (excludes halogenated alkanes) is 6. The van der Waals surface area contributed by atoms with Crippen molar-refractivity contribution in [1.82, 2.24) is 4.72 Å². The summed E-state index contributed by atoms with van der Waals surface area (Å²) in [6.45, 7) is 9.44. The molecule has 0 aliphatic heterocycles. The van der Waals surface area contributed by atoms with E-state index in [-0.39, 0.29) is 10.9 Å². The van der Waals surface area contributed by atoms with Crippen molar-refractivity contribution in [2.45, 2.75) is 103 Å². The fourth-order valence-corrected chi connectivity index (χ4v) is 4.22. The van der Waals surface area contributed by atoms with Crippen molar-refractivity contribution in [2.24, 2.45) is 0 Å². The third kappa shape index (κ3) is 11.2. The highest BCUT2D eigenvalue weighted by molar-refractivity contribution is 7.89. The average Bonchev–Trinajstić information content (AvgIpc) is 2.59. The highest BCUT2D eigenvalue weighted by atomic mass is 32.2. The molecule has 1 unspecified atom stereocenters. The van der Waals surface area contributed by atoms with Crippen LogP contribution in [0, 0.1) is 0 Å². The lowest BCUT2D eigenvalue weighted by molar-refractivity contribution is 0.0636. The average molecular weight is 427 g/mol. The van der Waals surface area contributed by atoms with Crippen LogP contribution < -0.4 is 10.0 Å². The summed E-state index contributed by atoms with van der Waals surface area (Å²) < 4.78 is 33.0. The summed E-state index contributed by atoms with van der Waals surface area (Å²) in [4.78, 5) is 12.0. The maximum atomic E-state index is 12.5. The van der Waals surface area contributed by atoms with Crippen LogP contribution in [0.15, 0.2) is 29.2 Å². The summed E-state index contributed by atoms with van der Waals surface area (Å²) in [6.07, 6.45) is 8.72. The second-order valence-corrected chi connectivity index (χ2v) is 10.3. The van der Waals surface area contributed by atoms with Gasteiger partial charge in [0.05, 0.1) is 4.90 Å². The third-order valence-corrected chi connectivity index (χ3v) is 6.01. The lowest BCUT2D eigenvalue weighted by Crippen LogP contribution is -2.32. The topological polar surface area (TPSA) is 84.5 Å². The number of rotatable bonds is 12. The molecule has 29 heavy (non-hydrogen) atoms. The Morgan fingerprint density at radius 2 is 1.55 bits per heavy atom. The Morgan fingerprint density at radius 3 is 2.10 bits per heavy atom. The summed E-state index contributed by atoms with van der Waals surface area (Å²) in [6, 6.07) is 5.96. The number of sulfonamides is 1. The van der Waals surface area contributed by atoms with E-state index in [4.69, 9.17) is 4.74 Å². The second kappa shape index (κ2) is 12.2. The van der Waals surface area contributed by atoms with Gasteiger partial charge in [-0.05, 0) is 58.4 Å². The zero-order chi connectivity index (χ0) is 21.9. The molecule has 0 fully saturated rings. The number of carbonyl (C=O) groups is 1. The van der Waals surface area contributed by atoms with E-state index in [1.807, 2.05) is 6.92 Å². The normalized spacial score (nSPS) is 13.1. The zero-order valence-electron chi connectivity index (χ0n) is 18.6. The maximum absolute atomic E-state index is 12.5. The van der Waals surface area contributed by atoms with Crippen molar-refractivity contribution in [3.8, 4) is 0 Å². The van der Waals surface area contributed by atoms with Crippen LogP contribution in [0.5, 0.6) is 0 Å². The standard InChI is InChI=1S/C22H38N2O4S/c1-6-7-8-9-10-11-12-13-18(2)24-29(26,27)20-16-14-19(15-17-20)23-21(25)28-22(3,4)5/h14-18,24H,6-13H2,1-5H3,(H,23,25). The van der Waals surface area contributed by atoms with Gasteiger partial charge in [0, 0.05) is 11.7 Å². The van der Waals surface area contributed by atoms with Gasteiger partial charge in [0.25, 0.3) is 0 Å². The molecule has 0 bridgehead atoms. The Morgan fingerprint density at radius 1 is 1.00 bits per heavy atom. The first-order valence-corrected chi connectivity index (χ1v) is 12.1. The summed E-state index contributed by atoms with van der Waals surface area (Å²) in [5.41, 5.74) is -0.113. The third-order valence-electron chi connectivity index (χ3n) is 4.41. The van der Waals surface area contributed by atoms with Crippen LogP contribution in [0.4, 0.5) is 10.5 Å². The molecule has 0 radical (unpaired) electrons. The second-order valence-electron chi connectivity index (χ2n) is 8.58. The summed E-state index contributed by atoms with van der Waals surface area (Å²) in [5, 5.41) is 2.59. The van der Waals surface area contributed by atoms with E-state index in [1.165, 1.54) is 44.2 Å². The number of nitrogens with one attached hydrogen (secondary N) is 2. The summed E-state index contributed by atoms with van der Waals surface area (Å²) in [5.74, 6) is 0. The first kappa shape index (κ1) is 25.4. The van der Waals surface area contributed by atoms with Crippen molar-refractivity contribution >= 4 is 21.8 Å². The predicted molar refractivity (Wildman–Crippen MR) is 119 cm³/mol. The van der Waals surface area contributed by atoms with E-state index in [0.29, 0.717) is 5.69 Å². The van der Waals surface area contributed by atoms with Crippen LogP contribution in [-0.4, -0.2) is 26.2 Å². The minimum Gasteiger partial charge on any atom is -0.444 e. The van der Waals surface area contributed by atoms with Gasteiger partial charge in [0.2, 0.25) is 10.0 Å². The number of anilines is 1. The van der Waals surface area contributed by atoms with Crippen LogP contribution in [0.1, 0.15) is 86.0 Å². The highest BCUT2D eigenvalue weighted by Crippen LogP contribution is 2.17. The van der Waals surface area contributed by atoms with E-state index in [2.05, 4.69) is 17.0 Å². The van der Waals surface area contributed by atoms with Crippen LogP contribution in [-0.2, 0) is 14.8 Å². The molecule has 0 spiro atoms. The number of hydrogen-bond donors (Lipinski definition) is 2. The van der Waals surface area contributed by atoms with Gasteiger partial charge >= 0.3 is 6.09 Å². The molecule has 1 amide bonds. The highest BCUT2D eigenvalue weighted by Gasteiger charge is 2.18. The van der Waals surface area contributed by atoms with Crippen molar-refractivity contribution < 1.29 is 17.9 Å². The molecule has 0 aliphatic rings. The van der Waals surface area contributed by atoms with E-state index in [1.54, 1.807) is 32.9 Å². The number of benzene rings is 1. The minimum atomic E-state index is -3.58. The molecule has 6 nitrogen and oxygen atoms in total. The molecule has 1 atom stereocenters. The van der Waals surface area contributed by atoms with Crippen molar-refractivity contribution in [3.05, 3.63) is 24.3 Å². The van der Waals surface area contributed by atoms with Gasteiger partial charge in [-0.3, -0.25) is 5.32 Å². The smallest absolute Gasteiger partial charge is 0.412 e. The van der Waals surface area contributed by atoms with E-state index in [0.717, 1.165) is 19.3 Å². The summed E-state index contributed by atoms with van der Waals surface area (Å²) >= 11 is 0. The SMILES string of the molecule is CCCCCCCCCC(C)NS(=O)(=O)c1ccc(NC(=O)OC(C)(C)C)cc1. The molecule has 0 saturated carbocycles. The molecule has 7 heteroatoms. The molecule has 0 aliphatic carbocycles. The Bertz CT molecular complexity index is 709. The van der Waals surface area contributed by atoms with Gasteiger partial charge in [-0.25, -0.2) is 17.9 Å². The first-order valence-electron chi connectivity index (χ1n) is 10.7. The van der Waals surface area contributed by atoms with Gasteiger partial charge in [0.15, 0.2) is 0 Å². The van der Waals surface area contributed by atoms with Crippen LogP contribution in [0.3, 0.4) is 0 Å². The van der Waals surface area contributed by atoms with Gasteiger partial charge in [0.1, 0.15) is 5.60 Å². The van der Waals surface area contributed by atoms with Gasteiger partial charge in [-0.15, -0.1) is 0 Å². The maximum Gasteiger partial charge on any atom is 0.412 e. The largest absolute Gasteiger partial charge is 0.444 e. The number of amides is 1. The molecule has 1 rings (SSSR count). The molecule has 166 valence electrons. The first-order chi connectivity index (χ1) is 13.5. The Hall–Kier alpha value is -1.60. The number of ether oxygens (including phenoxy) is 1. The fraction of sp³-hybridized carbons (Fsp3) is 0.682. The lowest BCUT2D eigenvalue weighted by Gasteiger charge is -2.19. The molecule has 2 N–H and O–H groups in total. The van der Waals surface area contributed by atoms with Gasteiger partial charge in [-0.1, -0.05) is 51.9 Å². The Labute approximate surface area is 176 Å². The van der Waals surface area contributed by atoms with Crippen LogP contribution in [0.25, 0.3) is 0 Å². The molecule has 0 aromatic heterocycles. The molecular formula is C22H38N2O4S. The van der Waals surface area contributed by atoms with Crippen LogP contribution >= 0.6 is 0 Å². The quantitative estimate of drug-likeness (QED) is 0.411. The minimum absolute atomic E-state index is 0.116. The molecule has 0 saturated heterocycles. The monoisotopic (exact) mass is 426 g/mol.